The Hall–Kier alpha value is -0.920. The molecule has 2 heteroatoms. The summed E-state index contributed by atoms with van der Waals surface area (Å²) in [6.45, 7) is 5.41. The first kappa shape index (κ1) is 12.2. The van der Waals surface area contributed by atoms with Crippen molar-refractivity contribution in [2.45, 2.75) is 52.9 Å². The van der Waals surface area contributed by atoms with E-state index < -0.39 is 5.41 Å². The molecule has 2 nitrogen and oxygen atoms in total. The summed E-state index contributed by atoms with van der Waals surface area (Å²) in [4.78, 5) is 23.6. The van der Waals surface area contributed by atoms with E-state index in [2.05, 4.69) is 6.92 Å². The molecule has 0 aliphatic heterocycles. The number of rotatable bonds is 3. The first-order valence-electron chi connectivity index (χ1n) is 5.77. The summed E-state index contributed by atoms with van der Waals surface area (Å²) >= 11 is 0. The smallest absolute Gasteiger partial charge is 0.171 e. The Kier molecular flexibility index (Phi) is 3.83. The fraction of sp³-hybridized carbons (Fsp3) is 0.692. The van der Waals surface area contributed by atoms with Gasteiger partial charge < -0.3 is 0 Å². The van der Waals surface area contributed by atoms with Crippen molar-refractivity contribution in [2.75, 3.05) is 0 Å². The largest absolute Gasteiger partial charge is 0.299 e. The zero-order valence-corrected chi connectivity index (χ0v) is 9.93. The maximum absolute atomic E-state index is 12.1. The second-order valence-electron chi connectivity index (χ2n) is 4.59. The zero-order chi connectivity index (χ0) is 11.5. The summed E-state index contributed by atoms with van der Waals surface area (Å²) in [6, 6.07) is 0. The molecule has 0 bridgehead atoms. The van der Waals surface area contributed by atoms with Crippen LogP contribution in [0.2, 0.25) is 0 Å². The summed E-state index contributed by atoms with van der Waals surface area (Å²) in [5.74, 6) is 0.0734. The second-order valence-corrected chi connectivity index (χ2v) is 4.59. The third-order valence-electron chi connectivity index (χ3n) is 3.37. The van der Waals surface area contributed by atoms with Gasteiger partial charge in [0.25, 0.3) is 0 Å². The van der Waals surface area contributed by atoms with Gasteiger partial charge in [-0.25, -0.2) is 0 Å². The SMILES string of the molecule is CCCC=C1CCCC(C)(C(C)=O)C1=O. The number of hydrogen-bond acceptors (Lipinski definition) is 2. The Balaban J connectivity index is 2.89. The van der Waals surface area contributed by atoms with Gasteiger partial charge in [-0.15, -0.1) is 0 Å². The molecule has 0 aromatic heterocycles. The summed E-state index contributed by atoms with van der Waals surface area (Å²) in [7, 11) is 0. The van der Waals surface area contributed by atoms with Gasteiger partial charge in [-0.3, -0.25) is 9.59 Å². The molecule has 1 rings (SSSR count). The molecule has 1 aliphatic carbocycles. The average molecular weight is 208 g/mol. The fourth-order valence-corrected chi connectivity index (χ4v) is 2.06. The number of unbranched alkanes of at least 4 members (excludes halogenated alkanes) is 1. The van der Waals surface area contributed by atoms with Crippen molar-refractivity contribution in [2.24, 2.45) is 5.41 Å². The first-order chi connectivity index (χ1) is 7.02. The average Bonchev–Trinajstić information content (AvgIpc) is 2.20. The second kappa shape index (κ2) is 4.73. The van der Waals surface area contributed by atoms with Crippen molar-refractivity contribution in [3.05, 3.63) is 11.6 Å². The number of ketones is 2. The van der Waals surface area contributed by atoms with E-state index in [1.54, 1.807) is 6.92 Å². The topological polar surface area (TPSA) is 34.1 Å². The lowest BCUT2D eigenvalue weighted by Crippen LogP contribution is -2.38. The van der Waals surface area contributed by atoms with Crippen LogP contribution in [0.15, 0.2) is 11.6 Å². The van der Waals surface area contributed by atoms with Gasteiger partial charge >= 0.3 is 0 Å². The molecule has 84 valence electrons. The van der Waals surface area contributed by atoms with E-state index in [9.17, 15) is 9.59 Å². The summed E-state index contributed by atoms with van der Waals surface area (Å²) in [5.41, 5.74) is 0.137. The Morgan fingerprint density at radius 1 is 1.53 bits per heavy atom. The minimum atomic E-state index is -0.738. The molecule has 1 aliphatic rings. The van der Waals surface area contributed by atoms with Crippen LogP contribution in [0.4, 0.5) is 0 Å². The fourth-order valence-electron chi connectivity index (χ4n) is 2.06. The normalized spacial score (nSPS) is 29.5. The third kappa shape index (κ3) is 2.36. The molecule has 0 aromatic rings. The Morgan fingerprint density at radius 2 is 2.20 bits per heavy atom. The van der Waals surface area contributed by atoms with Crippen LogP contribution in [0, 0.1) is 5.41 Å². The number of hydrogen-bond donors (Lipinski definition) is 0. The highest BCUT2D eigenvalue weighted by Gasteiger charge is 2.41. The van der Waals surface area contributed by atoms with Crippen molar-refractivity contribution >= 4 is 11.6 Å². The van der Waals surface area contributed by atoms with Crippen LogP contribution in [-0.4, -0.2) is 11.6 Å². The predicted molar refractivity (Wildman–Crippen MR) is 60.6 cm³/mol. The number of allylic oxidation sites excluding steroid dienone is 2. The molecule has 0 aromatic carbocycles. The van der Waals surface area contributed by atoms with Crippen LogP contribution in [0.3, 0.4) is 0 Å². The molecular formula is C13H20O2. The van der Waals surface area contributed by atoms with Gasteiger partial charge in [-0.2, -0.15) is 0 Å². The molecule has 0 N–H and O–H groups in total. The van der Waals surface area contributed by atoms with Crippen LogP contribution in [-0.2, 0) is 9.59 Å². The van der Waals surface area contributed by atoms with Gasteiger partial charge in [0.05, 0.1) is 5.41 Å². The number of Topliss-reactive ketones (excluding diaryl/α,β-unsaturated/α-hetero) is 2. The molecule has 15 heavy (non-hydrogen) atoms. The minimum absolute atomic E-state index is 0.00889. The van der Waals surface area contributed by atoms with E-state index in [4.69, 9.17) is 0 Å². The van der Waals surface area contributed by atoms with Crippen molar-refractivity contribution < 1.29 is 9.59 Å². The van der Waals surface area contributed by atoms with Gasteiger partial charge in [-0.1, -0.05) is 19.4 Å². The lowest BCUT2D eigenvalue weighted by atomic mass is 9.70. The monoisotopic (exact) mass is 208 g/mol. The lowest BCUT2D eigenvalue weighted by molar-refractivity contribution is -0.137. The molecule has 1 fully saturated rings. The third-order valence-corrected chi connectivity index (χ3v) is 3.37. The van der Waals surface area contributed by atoms with Gasteiger partial charge in [0.15, 0.2) is 5.78 Å². The summed E-state index contributed by atoms with van der Waals surface area (Å²) in [6.07, 6.45) is 6.52. The highest BCUT2D eigenvalue weighted by atomic mass is 16.2. The number of carbonyl (C=O) groups excluding carboxylic acids is 2. The van der Waals surface area contributed by atoms with Crippen LogP contribution < -0.4 is 0 Å². The standard InChI is InChI=1S/C13H20O2/c1-4-5-7-11-8-6-9-13(3,10(2)14)12(11)15/h7H,4-6,8-9H2,1-3H3. The maximum Gasteiger partial charge on any atom is 0.171 e. The predicted octanol–water partition coefficient (Wildman–Crippen LogP) is 3.06. The zero-order valence-electron chi connectivity index (χ0n) is 9.93. The quantitative estimate of drug-likeness (QED) is 0.527. The maximum atomic E-state index is 12.1. The van der Waals surface area contributed by atoms with E-state index in [0.29, 0.717) is 6.42 Å². The summed E-state index contributed by atoms with van der Waals surface area (Å²) in [5, 5.41) is 0. The van der Waals surface area contributed by atoms with E-state index in [0.717, 1.165) is 31.3 Å². The van der Waals surface area contributed by atoms with Crippen molar-refractivity contribution in [1.29, 1.82) is 0 Å². The molecule has 0 heterocycles. The molecule has 0 spiro atoms. The molecular weight excluding hydrogens is 188 g/mol. The Bertz CT molecular complexity index is 302. The van der Waals surface area contributed by atoms with Crippen LogP contribution in [0.1, 0.15) is 52.9 Å². The van der Waals surface area contributed by atoms with Crippen LogP contribution in [0.5, 0.6) is 0 Å². The molecule has 0 radical (unpaired) electrons. The molecule has 1 atom stereocenters. The number of carbonyl (C=O) groups is 2. The van der Waals surface area contributed by atoms with Crippen molar-refractivity contribution in [3.8, 4) is 0 Å². The summed E-state index contributed by atoms with van der Waals surface area (Å²) < 4.78 is 0. The Morgan fingerprint density at radius 3 is 2.73 bits per heavy atom. The van der Waals surface area contributed by atoms with Gasteiger partial charge in [0.1, 0.15) is 5.78 Å². The van der Waals surface area contributed by atoms with Crippen LogP contribution >= 0.6 is 0 Å². The molecule has 1 unspecified atom stereocenters. The first-order valence-corrected chi connectivity index (χ1v) is 5.77. The van der Waals surface area contributed by atoms with E-state index in [1.807, 2.05) is 6.08 Å². The van der Waals surface area contributed by atoms with Gasteiger partial charge in [0.2, 0.25) is 0 Å². The van der Waals surface area contributed by atoms with E-state index >= 15 is 0 Å². The van der Waals surface area contributed by atoms with Gasteiger partial charge in [0, 0.05) is 0 Å². The molecule has 1 saturated carbocycles. The Labute approximate surface area is 91.7 Å². The van der Waals surface area contributed by atoms with E-state index in [1.165, 1.54) is 6.92 Å². The molecule has 0 amide bonds. The highest BCUT2D eigenvalue weighted by Crippen LogP contribution is 2.36. The van der Waals surface area contributed by atoms with Crippen molar-refractivity contribution in [3.63, 3.8) is 0 Å². The minimum Gasteiger partial charge on any atom is -0.299 e. The molecule has 0 saturated heterocycles. The lowest BCUT2D eigenvalue weighted by Gasteiger charge is -2.30. The highest BCUT2D eigenvalue weighted by molar-refractivity contribution is 6.13. The van der Waals surface area contributed by atoms with E-state index in [-0.39, 0.29) is 11.6 Å². The van der Waals surface area contributed by atoms with Crippen molar-refractivity contribution in [1.82, 2.24) is 0 Å². The van der Waals surface area contributed by atoms with Gasteiger partial charge in [-0.05, 0) is 45.1 Å². The van der Waals surface area contributed by atoms with Crippen LogP contribution in [0.25, 0.3) is 0 Å².